The molecular formula is C19H22N2O4. The molecule has 1 aliphatic heterocycles. The summed E-state index contributed by atoms with van der Waals surface area (Å²) in [4.78, 5) is 40.9. The van der Waals surface area contributed by atoms with Crippen LogP contribution in [0.4, 0.5) is 0 Å². The molecule has 25 heavy (non-hydrogen) atoms. The second-order valence-corrected chi connectivity index (χ2v) is 6.91. The van der Waals surface area contributed by atoms with Crippen molar-refractivity contribution in [1.82, 2.24) is 9.88 Å². The maximum absolute atomic E-state index is 12.4. The molecule has 1 fully saturated rings. The third kappa shape index (κ3) is 3.90. The number of rotatable bonds is 3. The molecule has 0 spiro atoms. The van der Waals surface area contributed by atoms with Gasteiger partial charge < -0.3 is 14.6 Å². The fraction of sp³-hybridized carbons (Fsp3) is 0.421. The van der Waals surface area contributed by atoms with E-state index in [0.29, 0.717) is 35.8 Å². The van der Waals surface area contributed by atoms with E-state index in [9.17, 15) is 14.4 Å². The summed E-state index contributed by atoms with van der Waals surface area (Å²) in [5, 5.41) is 0.597. The number of aromatic amines is 1. The highest BCUT2D eigenvalue weighted by atomic mass is 16.5. The summed E-state index contributed by atoms with van der Waals surface area (Å²) in [6.07, 6.45) is 1.10. The third-order valence-corrected chi connectivity index (χ3v) is 4.52. The van der Waals surface area contributed by atoms with E-state index in [1.165, 1.54) is 6.07 Å². The molecule has 1 amide bonds. The Balaban J connectivity index is 1.71. The normalized spacial score (nSPS) is 20.5. The number of para-hydroxylation sites is 1. The maximum Gasteiger partial charge on any atom is 0.339 e. The Morgan fingerprint density at radius 1 is 1.20 bits per heavy atom. The largest absolute Gasteiger partial charge is 0.452 e. The number of hydrogen-bond donors (Lipinski definition) is 1. The number of H-pyrrole nitrogens is 1. The first-order valence-corrected chi connectivity index (χ1v) is 8.51. The van der Waals surface area contributed by atoms with Gasteiger partial charge in [0.05, 0.1) is 5.56 Å². The minimum atomic E-state index is -0.659. The molecule has 6 heteroatoms. The number of nitrogens with zero attached hydrogens (tertiary/aromatic N) is 1. The average molecular weight is 342 g/mol. The predicted molar refractivity (Wildman–Crippen MR) is 94.4 cm³/mol. The van der Waals surface area contributed by atoms with Crippen LogP contribution in [0.15, 0.2) is 35.1 Å². The SMILES string of the molecule is CC1CC(C)CN(C(=O)COC(=O)c2cc(=O)[nH]c3ccccc23)C1. The van der Waals surface area contributed by atoms with Gasteiger partial charge in [-0.25, -0.2) is 4.79 Å². The number of amides is 1. The highest BCUT2D eigenvalue weighted by molar-refractivity contribution is 6.03. The summed E-state index contributed by atoms with van der Waals surface area (Å²) in [6, 6.07) is 8.21. The van der Waals surface area contributed by atoms with Crippen LogP contribution in [0.5, 0.6) is 0 Å². The van der Waals surface area contributed by atoms with Crippen LogP contribution in [0.2, 0.25) is 0 Å². The second kappa shape index (κ2) is 7.09. The number of carbonyl (C=O) groups is 2. The number of aromatic nitrogens is 1. The lowest BCUT2D eigenvalue weighted by Crippen LogP contribution is -2.44. The quantitative estimate of drug-likeness (QED) is 0.867. The molecule has 2 aromatic rings. The highest BCUT2D eigenvalue weighted by Gasteiger charge is 2.26. The van der Waals surface area contributed by atoms with Gasteiger partial charge in [-0.15, -0.1) is 0 Å². The van der Waals surface area contributed by atoms with E-state index in [-0.39, 0.29) is 23.6 Å². The van der Waals surface area contributed by atoms with E-state index in [2.05, 4.69) is 18.8 Å². The van der Waals surface area contributed by atoms with Crippen LogP contribution in [0, 0.1) is 11.8 Å². The van der Waals surface area contributed by atoms with Gasteiger partial charge >= 0.3 is 5.97 Å². The van der Waals surface area contributed by atoms with E-state index in [0.717, 1.165) is 6.42 Å². The van der Waals surface area contributed by atoms with Crippen molar-refractivity contribution in [2.24, 2.45) is 11.8 Å². The van der Waals surface area contributed by atoms with Crippen molar-refractivity contribution in [2.45, 2.75) is 20.3 Å². The summed E-state index contributed by atoms with van der Waals surface area (Å²) < 4.78 is 5.19. The first-order valence-electron chi connectivity index (χ1n) is 8.51. The molecule has 1 aromatic heterocycles. The van der Waals surface area contributed by atoms with E-state index in [4.69, 9.17) is 4.74 Å². The number of piperidine rings is 1. The Hall–Kier alpha value is -2.63. The summed E-state index contributed by atoms with van der Waals surface area (Å²) in [5.74, 6) is 0.0368. The van der Waals surface area contributed by atoms with Crippen molar-refractivity contribution in [3.05, 3.63) is 46.2 Å². The number of ether oxygens (including phenoxy) is 1. The number of pyridine rings is 1. The zero-order valence-corrected chi connectivity index (χ0v) is 14.5. The van der Waals surface area contributed by atoms with E-state index in [1.54, 1.807) is 29.2 Å². The number of benzene rings is 1. The molecule has 2 atom stereocenters. The molecule has 1 saturated heterocycles. The molecular weight excluding hydrogens is 320 g/mol. The minimum absolute atomic E-state index is 0.174. The fourth-order valence-corrected chi connectivity index (χ4v) is 3.54. The van der Waals surface area contributed by atoms with Crippen LogP contribution < -0.4 is 5.56 Å². The molecule has 0 bridgehead atoms. The molecule has 3 rings (SSSR count). The maximum atomic E-state index is 12.4. The Labute approximate surface area is 145 Å². The van der Waals surface area contributed by atoms with E-state index in [1.807, 2.05) is 0 Å². The molecule has 1 aromatic carbocycles. The number of carbonyl (C=O) groups excluding carboxylic acids is 2. The molecule has 0 radical (unpaired) electrons. The first-order chi connectivity index (χ1) is 11.9. The topological polar surface area (TPSA) is 79.5 Å². The molecule has 2 unspecified atom stereocenters. The lowest BCUT2D eigenvalue weighted by Gasteiger charge is -2.34. The zero-order valence-electron chi connectivity index (χ0n) is 14.5. The number of likely N-dealkylation sites (tertiary alicyclic amines) is 1. The van der Waals surface area contributed by atoms with Crippen LogP contribution >= 0.6 is 0 Å². The van der Waals surface area contributed by atoms with Gasteiger partial charge in [-0.05, 0) is 24.3 Å². The Morgan fingerprint density at radius 3 is 2.60 bits per heavy atom. The van der Waals surface area contributed by atoms with Gasteiger partial charge in [0.1, 0.15) is 0 Å². The van der Waals surface area contributed by atoms with Crippen molar-refractivity contribution >= 4 is 22.8 Å². The number of hydrogen-bond acceptors (Lipinski definition) is 4. The van der Waals surface area contributed by atoms with Gasteiger partial charge in [-0.2, -0.15) is 0 Å². The predicted octanol–water partition coefficient (Wildman–Crippen LogP) is 2.19. The van der Waals surface area contributed by atoms with Gasteiger partial charge in [0, 0.05) is 30.1 Å². The lowest BCUT2D eigenvalue weighted by atomic mass is 9.92. The monoisotopic (exact) mass is 342 g/mol. The molecule has 132 valence electrons. The van der Waals surface area contributed by atoms with E-state index >= 15 is 0 Å². The number of fused-ring (bicyclic) bond motifs is 1. The minimum Gasteiger partial charge on any atom is -0.452 e. The van der Waals surface area contributed by atoms with Crippen LogP contribution in [0.3, 0.4) is 0 Å². The lowest BCUT2D eigenvalue weighted by molar-refractivity contribution is -0.137. The van der Waals surface area contributed by atoms with Crippen molar-refractivity contribution in [3.63, 3.8) is 0 Å². The van der Waals surface area contributed by atoms with Gasteiger partial charge in [0.25, 0.3) is 5.91 Å². The standard InChI is InChI=1S/C19H22N2O4/c1-12-7-13(2)10-21(9-12)18(23)11-25-19(24)15-8-17(22)20-16-6-4-3-5-14(15)16/h3-6,8,12-13H,7,9-11H2,1-2H3,(H,20,22). The fourth-order valence-electron chi connectivity index (χ4n) is 3.54. The molecule has 1 N–H and O–H groups in total. The summed E-state index contributed by atoms with van der Waals surface area (Å²) in [7, 11) is 0. The van der Waals surface area contributed by atoms with Gasteiger partial charge in [0.2, 0.25) is 5.56 Å². The number of nitrogens with one attached hydrogen (secondary N) is 1. The van der Waals surface area contributed by atoms with Crippen molar-refractivity contribution in [2.75, 3.05) is 19.7 Å². The van der Waals surface area contributed by atoms with Crippen LogP contribution in [0.25, 0.3) is 10.9 Å². The molecule has 0 saturated carbocycles. The van der Waals surface area contributed by atoms with Crippen molar-refractivity contribution in [3.8, 4) is 0 Å². The molecule has 0 aliphatic carbocycles. The Kier molecular flexibility index (Phi) is 4.88. The average Bonchev–Trinajstić information content (AvgIpc) is 2.57. The van der Waals surface area contributed by atoms with Crippen LogP contribution in [0.1, 0.15) is 30.6 Å². The summed E-state index contributed by atoms with van der Waals surface area (Å²) in [6.45, 7) is 5.30. The van der Waals surface area contributed by atoms with Gasteiger partial charge in [-0.1, -0.05) is 32.0 Å². The van der Waals surface area contributed by atoms with Crippen LogP contribution in [-0.4, -0.2) is 41.5 Å². The van der Waals surface area contributed by atoms with Crippen molar-refractivity contribution in [1.29, 1.82) is 0 Å². The summed E-state index contributed by atoms with van der Waals surface area (Å²) in [5.41, 5.74) is 0.357. The molecule has 1 aliphatic rings. The highest BCUT2D eigenvalue weighted by Crippen LogP contribution is 2.21. The van der Waals surface area contributed by atoms with Gasteiger partial charge in [0.15, 0.2) is 6.61 Å². The smallest absolute Gasteiger partial charge is 0.339 e. The number of esters is 1. The third-order valence-electron chi connectivity index (χ3n) is 4.52. The van der Waals surface area contributed by atoms with E-state index < -0.39 is 5.97 Å². The summed E-state index contributed by atoms with van der Waals surface area (Å²) >= 11 is 0. The van der Waals surface area contributed by atoms with Crippen LogP contribution in [-0.2, 0) is 9.53 Å². The zero-order chi connectivity index (χ0) is 18.0. The van der Waals surface area contributed by atoms with Gasteiger partial charge in [-0.3, -0.25) is 9.59 Å². The Bertz CT molecular complexity index is 848. The molecule has 2 heterocycles. The Morgan fingerprint density at radius 2 is 1.88 bits per heavy atom. The second-order valence-electron chi connectivity index (χ2n) is 6.91. The molecule has 6 nitrogen and oxygen atoms in total. The van der Waals surface area contributed by atoms with Crippen molar-refractivity contribution < 1.29 is 14.3 Å². The first kappa shape index (κ1) is 17.2.